The first-order chi connectivity index (χ1) is 13.7. The van der Waals surface area contributed by atoms with Gasteiger partial charge in [0.05, 0.1) is 24.5 Å². The molecule has 1 aliphatic heterocycles. The number of likely N-dealkylation sites (tertiary alicyclic amines) is 1. The number of nitrogens with zero attached hydrogens (tertiary/aromatic N) is 3. The van der Waals surface area contributed by atoms with Crippen molar-refractivity contribution in [3.8, 4) is 5.75 Å². The molecule has 6 heteroatoms. The minimum Gasteiger partial charge on any atom is -0.497 e. The van der Waals surface area contributed by atoms with Crippen molar-refractivity contribution in [2.45, 2.75) is 31.7 Å². The van der Waals surface area contributed by atoms with Gasteiger partial charge in [-0.1, -0.05) is 23.4 Å². The van der Waals surface area contributed by atoms with Gasteiger partial charge in [0.25, 0.3) is 5.91 Å². The molecule has 3 heterocycles. The summed E-state index contributed by atoms with van der Waals surface area (Å²) in [6.45, 7) is 0.700. The summed E-state index contributed by atoms with van der Waals surface area (Å²) in [5.41, 5.74) is 2.70. The van der Waals surface area contributed by atoms with Crippen molar-refractivity contribution in [1.82, 2.24) is 15.0 Å². The van der Waals surface area contributed by atoms with Crippen molar-refractivity contribution in [3.63, 3.8) is 0 Å². The van der Waals surface area contributed by atoms with E-state index >= 15 is 0 Å². The summed E-state index contributed by atoms with van der Waals surface area (Å²) in [5, 5.41) is 4.10. The maximum absolute atomic E-state index is 13.1. The Bertz CT molecular complexity index is 939. The second-order valence-corrected chi connectivity index (χ2v) is 6.98. The van der Waals surface area contributed by atoms with Crippen LogP contribution in [0, 0.1) is 0 Å². The van der Waals surface area contributed by atoms with Gasteiger partial charge in [-0.05, 0) is 49.1 Å². The number of hydrogen-bond donors (Lipinski definition) is 0. The van der Waals surface area contributed by atoms with Crippen LogP contribution in [0.1, 0.15) is 52.8 Å². The van der Waals surface area contributed by atoms with E-state index < -0.39 is 0 Å². The topological polar surface area (TPSA) is 68.5 Å². The number of pyridine rings is 1. The Morgan fingerprint density at radius 3 is 2.96 bits per heavy atom. The van der Waals surface area contributed by atoms with Gasteiger partial charge in [0.15, 0.2) is 0 Å². The first-order valence-electron chi connectivity index (χ1n) is 9.55. The predicted octanol–water partition coefficient (Wildman–Crippen LogP) is 4.04. The fourth-order valence-corrected chi connectivity index (χ4v) is 3.68. The number of carbonyl (C=O) groups excluding carboxylic acids is 1. The van der Waals surface area contributed by atoms with Crippen LogP contribution in [-0.2, 0) is 6.42 Å². The van der Waals surface area contributed by atoms with E-state index in [1.54, 1.807) is 19.4 Å². The lowest BCUT2D eigenvalue weighted by molar-refractivity contribution is 0.0564. The molecule has 0 N–H and O–H groups in total. The molecule has 0 bridgehead atoms. The minimum absolute atomic E-state index is 0.0191. The molecule has 28 heavy (non-hydrogen) atoms. The van der Waals surface area contributed by atoms with Crippen molar-refractivity contribution >= 4 is 5.91 Å². The number of benzene rings is 1. The quantitative estimate of drug-likeness (QED) is 0.671. The maximum Gasteiger partial charge on any atom is 0.293 e. The lowest BCUT2D eigenvalue weighted by Crippen LogP contribution is -2.38. The summed E-state index contributed by atoms with van der Waals surface area (Å²) in [7, 11) is 1.64. The lowest BCUT2D eigenvalue weighted by Gasteiger charge is -2.34. The third-order valence-corrected chi connectivity index (χ3v) is 5.08. The number of hydrogen-bond acceptors (Lipinski definition) is 5. The van der Waals surface area contributed by atoms with E-state index in [1.165, 1.54) is 0 Å². The Kier molecular flexibility index (Phi) is 5.37. The normalized spacial score (nSPS) is 16.8. The standard InChI is InChI=1S/C22H23N3O3/c1-27-18-8-6-7-16(14-18)13-17-15-21(28-24-17)22(26)25-12-5-3-10-20(25)19-9-2-4-11-23-19/h2,4,6-9,11,14-15,20H,3,5,10,12-13H2,1H3. The average Bonchev–Trinajstić information content (AvgIpc) is 3.22. The van der Waals surface area contributed by atoms with E-state index in [1.807, 2.05) is 47.4 Å². The van der Waals surface area contributed by atoms with Gasteiger partial charge >= 0.3 is 0 Å². The largest absolute Gasteiger partial charge is 0.497 e. The Balaban J connectivity index is 1.51. The molecule has 0 spiro atoms. The zero-order valence-electron chi connectivity index (χ0n) is 15.9. The highest BCUT2D eigenvalue weighted by Crippen LogP contribution is 2.31. The van der Waals surface area contributed by atoms with E-state index in [9.17, 15) is 4.79 Å². The molecule has 144 valence electrons. The van der Waals surface area contributed by atoms with Crippen LogP contribution in [0.25, 0.3) is 0 Å². The van der Waals surface area contributed by atoms with E-state index in [4.69, 9.17) is 9.26 Å². The van der Waals surface area contributed by atoms with Gasteiger partial charge in [-0.25, -0.2) is 0 Å². The Morgan fingerprint density at radius 1 is 1.21 bits per heavy atom. The van der Waals surface area contributed by atoms with E-state index in [2.05, 4.69) is 10.1 Å². The van der Waals surface area contributed by atoms with Crippen molar-refractivity contribution in [2.75, 3.05) is 13.7 Å². The molecule has 0 aliphatic carbocycles. The Hall–Kier alpha value is -3.15. The molecule has 2 aromatic heterocycles. The van der Waals surface area contributed by atoms with E-state index in [0.717, 1.165) is 42.0 Å². The van der Waals surface area contributed by atoms with Crippen LogP contribution >= 0.6 is 0 Å². The fourth-order valence-electron chi connectivity index (χ4n) is 3.68. The third kappa shape index (κ3) is 3.91. The van der Waals surface area contributed by atoms with Crippen LogP contribution in [0.5, 0.6) is 5.75 Å². The monoisotopic (exact) mass is 377 g/mol. The van der Waals surface area contributed by atoms with Gasteiger partial charge in [-0.2, -0.15) is 0 Å². The molecule has 0 radical (unpaired) electrons. The van der Waals surface area contributed by atoms with Gasteiger partial charge in [-0.3, -0.25) is 9.78 Å². The van der Waals surface area contributed by atoms with Crippen molar-refractivity contribution in [3.05, 3.63) is 77.4 Å². The SMILES string of the molecule is COc1cccc(Cc2cc(C(=O)N3CCCCC3c3ccccn3)on2)c1. The second kappa shape index (κ2) is 8.25. The molecule has 1 amide bonds. The summed E-state index contributed by atoms with van der Waals surface area (Å²) < 4.78 is 10.7. The van der Waals surface area contributed by atoms with Gasteiger partial charge in [0.1, 0.15) is 5.75 Å². The number of piperidine rings is 1. The molecule has 6 nitrogen and oxygen atoms in total. The highest BCUT2D eigenvalue weighted by Gasteiger charge is 2.31. The number of methoxy groups -OCH3 is 1. The van der Waals surface area contributed by atoms with Crippen molar-refractivity contribution in [2.24, 2.45) is 0 Å². The number of amides is 1. The molecule has 4 rings (SSSR count). The molecular formula is C22H23N3O3. The highest BCUT2D eigenvalue weighted by atomic mass is 16.5. The highest BCUT2D eigenvalue weighted by molar-refractivity contribution is 5.91. The second-order valence-electron chi connectivity index (χ2n) is 6.98. The van der Waals surface area contributed by atoms with E-state index in [-0.39, 0.29) is 17.7 Å². The summed E-state index contributed by atoms with van der Waals surface area (Å²) in [4.78, 5) is 19.4. The molecule has 0 saturated carbocycles. The van der Waals surface area contributed by atoms with Crippen LogP contribution < -0.4 is 4.74 Å². The van der Waals surface area contributed by atoms with Gasteiger partial charge in [0.2, 0.25) is 5.76 Å². The number of ether oxygens (including phenoxy) is 1. The number of rotatable bonds is 5. The minimum atomic E-state index is -0.125. The zero-order valence-corrected chi connectivity index (χ0v) is 15.9. The third-order valence-electron chi connectivity index (χ3n) is 5.08. The van der Waals surface area contributed by atoms with Crippen LogP contribution in [0.4, 0.5) is 0 Å². The molecule has 1 fully saturated rings. The molecule has 1 atom stereocenters. The summed E-state index contributed by atoms with van der Waals surface area (Å²) in [6.07, 6.45) is 5.33. The number of aromatic nitrogens is 2. The summed E-state index contributed by atoms with van der Waals surface area (Å²) >= 11 is 0. The summed E-state index contributed by atoms with van der Waals surface area (Å²) in [6, 6.07) is 15.3. The average molecular weight is 377 g/mol. The van der Waals surface area contributed by atoms with Gasteiger partial charge < -0.3 is 14.2 Å². The zero-order chi connectivity index (χ0) is 19.3. The van der Waals surface area contributed by atoms with Crippen LogP contribution in [0.3, 0.4) is 0 Å². The maximum atomic E-state index is 13.1. The Morgan fingerprint density at radius 2 is 2.14 bits per heavy atom. The molecular weight excluding hydrogens is 354 g/mol. The van der Waals surface area contributed by atoms with E-state index in [0.29, 0.717) is 13.0 Å². The van der Waals surface area contributed by atoms with Crippen LogP contribution in [-0.4, -0.2) is 34.6 Å². The summed E-state index contributed by atoms with van der Waals surface area (Å²) in [5.74, 6) is 0.948. The first kappa shape index (κ1) is 18.2. The molecule has 1 aromatic carbocycles. The van der Waals surface area contributed by atoms with Crippen molar-refractivity contribution < 1.29 is 14.1 Å². The Labute approximate surface area is 164 Å². The van der Waals surface area contributed by atoms with Crippen molar-refractivity contribution in [1.29, 1.82) is 0 Å². The molecule has 1 aliphatic rings. The predicted molar refractivity (Wildman–Crippen MR) is 104 cm³/mol. The first-order valence-corrected chi connectivity index (χ1v) is 9.55. The molecule has 1 saturated heterocycles. The van der Waals surface area contributed by atoms with Crippen LogP contribution in [0.15, 0.2) is 59.3 Å². The lowest BCUT2D eigenvalue weighted by atomic mass is 9.98. The smallest absolute Gasteiger partial charge is 0.293 e. The molecule has 1 unspecified atom stereocenters. The fraction of sp³-hybridized carbons (Fsp3) is 0.318. The number of carbonyl (C=O) groups is 1. The van der Waals surface area contributed by atoms with Gasteiger partial charge in [-0.15, -0.1) is 0 Å². The van der Waals surface area contributed by atoms with Crippen LogP contribution in [0.2, 0.25) is 0 Å². The molecule has 3 aromatic rings. The van der Waals surface area contributed by atoms with Gasteiger partial charge in [0, 0.05) is 25.2 Å².